The molecule has 0 aromatic rings. The number of nitrogens with zero attached hydrogens (tertiary/aromatic N) is 1. The van der Waals surface area contributed by atoms with Gasteiger partial charge in [0.25, 0.3) is 10.2 Å². The molecule has 116 valence electrons. The first-order valence-corrected chi connectivity index (χ1v) is 8.46. The van der Waals surface area contributed by atoms with Crippen molar-refractivity contribution < 1.29 is 23.1 Å². The Morgan fingerprint density at radius 2 is 1.80 bits per heavy atom. The van der Waals surface area contributed by atoms with Gasteiger partial charge in [-0.25, -0.2) is 4.72 Å². The van der Waals surface area contributed by atoms with Gasteiger partial charge in [0.15, 0.2) is 0 Å². The molecule has 0 spiro atoms. The number of piperidine rings is 1. The van der Waals surface area contributed by atoms with Crippen molar-refractivity contribution in [2.24, 2.45) is 5.41 Å². The fourth-order valence-electron chi connectivity index (χ4n) is 2.65. The lowest BCUT2D eigenvalue weighted by Crippen LogP contribution is -2.50. The van der Waals surface area contributed by atoms with E-state index in [4.69, 9.17) is 4.74 Å². The molecule has 2 saturated heterocycles. The van der Waals surface area contributed by atoms with E-state index in [1.807, 2.05) is 0 Å². The number of ether oxygens (including phenoxy) is 1. The minimum Gasteiger partial charge on any atom is -0.481 e. The maximum Gasteiger partial charge on any atom is 0.311 e. The van der Waals surface area contributed by atoms with Crippen molar-refractivity contribution in [3.05, 3.63) is 0 Å². The van der Waals surface area contributed by atoms with Crippen LogP contribution in [0.2, 0.25) is 0 Å². The van der Waals surface area contributed by atoms with Gasteiger partial charge in [-0.05, 0) is 25.7 Å². The zero-order valence-corrected chi connectivity index (χ0v) is 12.3. The highest BCUT2D eigenvalue weighted by molar-refractivity contribution is 7.87. The summed E-state index contributed by atoms with van der Waals surface area (Å²) in [5, 5.41) is 9.39. The molecule has 2 aliphatic rings. The van der Waals surface area contributed by atoms with E-state index in [-0.39, 0.29) is 6.54 Å². The zero-order chi connectivity index (χ0) is 14.6. The van der Waals surface area contributed by atoms with Gasteiger partial charge in [0.2, 0.25) is 0 Å². The fourth-order valence-corrected chi connectivity index (χ4v) is 4.03. The molecule has 0 unspecified atom stereocenters. The molecule has 0 atom stereocenters. The van der Waals surface area contributed by atoms with Crippen molar-refractivity contribution >= 4 is 16.2 Å². The van der Waals surface area contributed by atoms with E-state index in [1.165, 1.54) is 4.31 Å². The van der Waals surface area contributed by atoms with Gasteiger partial charge in [-0.2, -0.15) is 12.7 Å². The summed E-state index contributed by atoms with van der Waals surface area (Å²) in [7, 11) is -3.58. The van der Waals surface area contributed by atoms with Crippen LogP contribution >= 0.6 is 0 Å². The molecule has 8 heteroatoms. The molecule has 2 fully saturated rings. The quantitative estimate of drug-likeness (QED) is 0.756. The van der Waals surface area contributed by atoms with Gasteiger partial charge in [-0.3, -0.25) is 4.79 Å². The van der Waals surface area contributed by atoms with E-state index in [2.05, 4.69) is 4.72 Å². The number of nitrogens with one attached hydrogen (secondary N) is 1. The van der Waals surface area contributed by atoms with Crippen LogP contribution in [0.5, 0.6) is 0 Å². The molecule has 0 bridgehead atoms. The van der Waals surface area contributed by atoms with Gasteiger partial charge in [-0.15, -0.1) is 0 Å². The van der Waals surface area contributed by atoms with Crippen molar-refractivity contribution in [3.8, 4) is 0 Å². The Kier molecular flexibility index (Phi) is 5.00. The molecule has 2 aliphatic heterocycles. The maximum atomic E-state index is 12.2. The van der Waals surface area contributed by atoms with Crippen LogP contribution in [0, 0.1) is 5.41 Å². The second-order valence-electron chi connectivity index (χ2n) is 5.48. The molecule has 0 amide bonds. The predicted octanol–water partition coefficient (Wildman–Crippen LogP) is 0.188. The van der Waals surface area contributed by atoms with Crippen LogP contribution in [-0.2, 0) is 19.7 Å². The third kappa shape index (κ3) is 3.49. The minimum atomic E-state index is -3.58. The van der Waals surface area contributed by atoms with Crippen molar-refractivity contribution in [3.63, 3.8) is 0 Å². The average Bonchev–Trinajstić information content (AvgIpc) is 2.47. The molecule has 0 aromatic heterocycles. The molecule has 0 radical (unpaired) electrons. The van der Waals surface area contributed by atoms with E-state index in [0.29, 0.717) is 39.1 Å². The van der Waals surface area contributed by atoms with Crippen molar-refractivity contribution in [2.75, 3.05) is 32.8 Å². The largest absolute Gasteiger partial charge is 0.481 e. The Morgan fingerprint density at radius 3 is 2.35 bits per heavy atom. The topological polar surface area (TPSA) is 95.9 Å². The third-order valence-electron chi connectivity index (χ3n) is 4.15. The molecule has 7 nitrogen and oxygen atoms in total. The third-order valence-corrected chi connectivity index (χ3v) is 5.71. The lowest BCUT2D eigenvalue weighted by Gasteiger charge is -2.34. The Hall–Kier alpha value is -0.700. The number of hydrogen-bond donors (Lipinski definition) is 2. The molecule has 2 rings (SSSR count). The summed E-state index contributed by atoms with van der Waals surface area (Å²) in [6, 6.07) is 0. The first-order valence-electron chi connectivity index (χ1n) is 7.02. The van der Waals surface area contributed by atoms with Crippen LogP contribution < -0.4 is 4.72 Å². The SMILES string of the molecule is O=C(O)C1(CNS(=O)(=O)N2CCCCC2)CCOCC1. The summed E-state index contributed by atoms with van der Waals surface area (Å²) in [4.78, 5) is 11.5. The van der Waals surface area contributed by atoms with Gasteiger partial charge in [-0.1, -0.05) is 6.42 Å². The van der Waals surface area contributed by atoms with Crippen molar-refractivity contribution in [1.29, 1.82) is 0 Å². The smallest absolute Gasteiger partial charge is 0.311 e. The highest BCUT2D eigenvalue weighted by atomic mass is 32.2. The Balaban J connectivity index is 1.99. The van der Waals surface area contributed by atoms with Crippen LogP contribution in [0.25, 0.3) is 0 Å². The molecular formula is C12H22N2O5S. The van der Waals surface area contributed by atoms with Crippen molar-refractivity contribution in [1.82, 2.24) is 9.03 Å². The molecule has 0 aromatic carbocycles. The van der Waals surface area contributed by atoms with Gasteiger partial charge in [0.05, 0.1) is 5.41 Å². The van der Waals surface area contributed by atoms with Gasteiger partial charge in [0.1, 0.15) is 0 Å². The molecule has 0 saturated carbocycles. The predicted molar refractivity (Wildman–Crippen MR) is 72.5 cm³/mol. The van der Waals surface area contributed by atoms with E-state index in [9.17, 15) is 18.3 Å². The Bertz CT molecular complexity index is 439. The minimum absolute atomic E-state index is 0.0650. The molecular weight excluding hydrogens is 284 g/mol. The van der Waals surface area contributed by atoms with Gasteiger partial charge in [0, 0.05) is 32.8 Å². The van der Waals surface area contributed by atoms with Crippen LogP contribution in [-0.4, -0.2) is 56.6 Å². The van der Waals surface area contributed by atoms with Crippen LogP contribution in [0.4, 0.5) is 0 Å². The zero-order valence-electron chi connectivity index (χ0n) is 11.5. The summed E-state index contributed by atoms with van der Waals surface area (Å²) in [6.45, 7) is 1.68. The van der Waals surface area contributed by atoms with E-state index < -0.39 is 21.6 Å². The van der Waals surface area contributed by atoms with E-state index >= 15 is 0 Å². The highest BCUT2D eigenvalue weighted by Gasteiger charge is 2.41. The maximum absolute atomic E-state index is 12.2. The lowest BCUT2D eigenvalue weighted by atomic mass is 9.80. The number of carbonyl (C=O) groups is 1. The Labute approximate surface area is 119 Å². The van der Waals surface area contributed by atoms with Crippen molar-refractivity contribution in [2.45, 2.75) is 32.1 Å². The second kappa shape index (κ2) is 6.38. The van der Waals surface area contributed by atoms with Gasteiger partial charge < -0.3 is 9.84 Å². The molecule has 0 aliphatic carbocycles. The first kappa shape index (κ1) is 15.7. The van der Waals surface area contributed by atoms with Crippen LogP contribution in [0.3, 0.4) is 0 Å². The monoisotopic (exact) mass is 306 g/mol. The number of aliphatic carboxylic acids is 1. The Morgan fingerprint density at radius 1 is 1.20 bits per heavy atom. The summed E-state index contributed by atoms with van der Waals surface area (Å²) < 4.78 is 33.4. The van der Waals surface area contributed by atoms with Crippen LogP contribution in [0.15, 0.2) is 0 Å². The summed E-state index contributed by atoms with van der Waals surface area (Å²) >= 11 is 0. The standard InChI is InChI=1S/C12H22N2O5S/c15-11(16)12(4-8-19-9-5-12)10-13-20(17,18)14-6-2-1-3-7-14/h13H,1-10H2,(H,15,16). The second-order valence-corrected chi connectivity index (χ2v) is 7.24. The molecule has 2 N–H and O–H groups in total. The normalized spacial score (nSPS) is 24.4. The fraction of sp³-hybridized carbons (Fsp3) is 0.917. The highest BCUT2D eigenvalue weighted by Crippen LogP contribution is 2.30. The number of carboxylic acid groups (broad SMARTS) is 1. The number of hydrogen-bond acceptors (Lipinski definition) is 4. The molecule has 20 heavy (non-hydrogen) atoms. The average molecular weight is 306 g/mol. The van der Waals surface area contributed by atoms with E-state index in [0.717, 1.165) is 19.3 Å². The summed E-state index contributed by atoms with van der Waals surface area (Å²) in [6.07, 6.45) is 3.44. The summed E-state index contributed by atoms with van der Waals surface area (Å²) in [5.41, 5.74) is -1.04. The van der Waals surface area contributed by atoms with E-state index in [1.54, 1.807) is 0 Å². The van der Waals surface area contributed by atoms with Crippen LogP contribution in [0.1, 0.15) is 32.1 Å². The number of carboxylic acids is 1. The first-order chi connectivity index (χ1) is 9.46. The lowest BCUT2D eigenvalue weighted by molar-refractivity contribution is -0.154. The molecule has 2 heterocycles. The number of rotatable bonds is 5. The summed E-state index contributed by atoms with van der Waals surface area (Å²) in [5.74, 6) is -0.956. The van der Waals surface area contributed by atoms with Gasteiger partial charge >= 0.3 is 5.97 Å².